The average Bonchev–Trinajstić information content (AvgIpc) is 3.56. The molecule has 8 rings (SSSR count). The van der Waals surface area contributed by atoms with Gasteiger partial charge in [-0.3, -0.25) is 9.78 Å². The monoisotopic (exact) mass is 594 g/mol. The number of aryl methyl sites for hydroxylation is 1. The highest BCUT2D eigenvalue weighted by Crippen LogP contribution is 2.51. The van der Waals surface area contributed by atoms with Crippen LogP contribution in [0.3, 0.4) is 0 Å². The first-order valence-electron chi connectivity index (χ1n) is 16.2. The molecule has 1 amide bonds. The number of benzene rings is 1. The molecular formula is C34H39FN8O. The molecule has 1 aliphatic carbocycles. The Hall–Kier alpha value is -3.89. The Labute approximate surface area is 256 Å². The quantitative estimate of drug-likeness (QED) is 0.310. The molecule has 9 nitrogen and oxygen atoms in total. The summed E-state index contributed by atoms with van der Waals surface area (Å²) in [6.45, 7) is 6.82. The minimum atomic E-state index is -0.460. The highest BCUT2D eigenvalue weighted by atomic mass is 19.1. The number of piperidine rings is 2. The molecule has 0 bridgehead atoms. The molecule has 44 heavy (non-hydrogen) atoms. The zero-order valence-electron chi connectivity index (χ0n) is 25.2. The van der Waals surface area contributed by atoms with Crippen LogP contribution in [0.2, 0.25) is 0 Å². The number of likely N-dealkylation sites (tertiary alicyclic amines) is 1. The Balaban J connectivity index is 1.19. The summed E-state index contributed by atoms with van der Waals surface area (Å²) in [6.07, 6.45) is 12.2. The Morgan fingerprint density at radius 2 is 1.89 bits per heavy atom. The van der Waals surface area contributed by atoms with Gasteiger partial charge in [0.05, 0.1) is 34.8 Å². The predicted molar refractivity (Wildman–Crippen MR) is 170 cm³/mol. The third kappa shape index (κ3) is 4.41. The summed E-state index contributed by atoms with van der Waals surface area (Å²) >= 11 is 0. The molecule has 2 saturated heterocycles. The van der Waals surface area contributed by atoms with Gasteiger partial charge < -0.3 is 25.0 Å². The van der Waals surface area contributed by atoms with Gasteiger partial charge in [-0.05, 0) is 95.4 Å². The minimum absolute atomic E-state index is 0.222. The van der Waals surface area contributed by atoms with Gasteiger partial charge in [-0.2, -0.15) is 0 Å². The van der Waals surface area contributed by atoms with E-state index in [4.69, 9.17) is 4.98 Å². The molecule has 6 heterocycles. The molecule has 0 unspecified atom stereocenters. The summed E-state index contributed by atoms with van der Waals surface area (Å²) in [5.41, 5.74) is 5.29. The summed E-state index contributed by atoms with van der Waals surface area (Å²) in [5.74, 6) is 0.361. The van der Waals surface area contributed by atoms with E-state index < -0.39 is 11.2 Å². The smallest absolute Gasteiger partial charge is 0.238 e. The normalized spacial score (nSPS) is 23.2. The van der Waals surface area contributed by atoms with Gasteiger partial charge in [0.15, 0.2) is 11.6 Å². The fourth-order valence-corrected chi connectivity index (χ4v) is 7.98. The summed E-state index contributed by atoms with van der Waals surface area (Å²) in [7, 11) is 0. The number of carbonyl (C=O) groups is 1. The van der Waals surface area contributed by atoms with E-state index in [2.05, 4.69) is 48.6 Å². The lowest BCUT2D eigenvalue weighted by Crippen LogP contribution is -2.58. The topological polar surface area (TPSA) is 91.2 Å². The molecular weight excluding hydrogens is 555 g/mol. The lowest BCUT2D eigenvalue weighted by molar-refractivity contribution is -0.125. The van der Waals surface area contributed by atoms with Crippen molar-refractivity contribution < 1.29 is 9.18 Å². The van der Waals surface area contributed by atoms with Gasteiger partial charge in [0.25, 0.3) is 0 Å². The van der Waals surface area contributed by atoms with E-state index in [1.165, 1.54) is 38.5 Å². The zero-order valence-corrected chi connectivity index (χ0v) is 25.2. The van der Waals surface area contributed by atoms with Crippen LogP contribution in [0.15, 0.2) is 49.1 Å². The maximum atomic E-state index is 14.7. The maximum absolute atomic E-state index is 14.7. The van der Waals surface area contributed by atoms with Crippen LogP contribution in [-0.4, -0.2) is 68.6 Å². The van der Waals surface area contributed by atoms with E-state index in [9.17, 15) is 9.18 Å². The molecule has 0 radical (unpaired) electrons. The molecule has 228 valence electrons. The zero-order chi connectivity index (χ0) is 29.8. The van der Waals surface area contributed by atoms with Crippen molar-refractivity contribution in [2.24, 2.45) is 0 Å². The van der Waals surface area contributed by atoms with Crippen LogP contribution in [0, 0.1) is 5.82 Å². The van der Waals surface area contributed by atoms with Crippen molar-refractivity contribution in [2.75, 3.05) is 36.4 Å². The van der Waals surface area contributed by atoms with Crippen molar-refractivity contribution in [1.82, 2.24) is 29.7 Å². The summed E-state index contributed by atoms with van der Waals surface area (Å²) in [5, 5.41) is 6.68. The van der Waals surface area contributed by atoms with Crippen LogP contribution in [0.1, 0.15) is 57.4 Å². The first-order valence-corrected chi connectivity index (χ1v) is 16.2. The lowest BCUT2D eigenvalue weighted by Gasteiger charge is -2.48. The second-order valence-corrected chi connectivity index (χ2v) is 12.8. The predicted octanol–water partition coefficient (Wildman–Crippen LogP) is 5.38. The molecule has 3 aromatic heterocycles. The molecule has 10 heteroatoms. The van der Waals surface area contributed by atoms with Gasteiger partial charge in [0.2, 0.25) is 5.91 Å². The number of halogens is 1. The number of nitrogens with one attached hydrogen (secondary N) is 2. The Morgan fingerprint density at radius 1 is 1.07 bits per heavy atom. The SMILES string of the molecule is CCn1cnc2cc(-c3ccc4c(c3)N([C@H]3C[C@@H](N5CCCCC5)C3)C(=O)C43CCNCC3)nc(Nc3ccncc3F)c21. The largest absolute Gasteiger partial charge is 0.336 e. The number of amides is 1. The number of hydrogen-bond acceptors (Lipinski definition) is 7. The van der Waals surface area contributed by atoms with Crippen LogP contribution in [0.4, 0.5) is 21.6 Å². The Bertz CT molecular complexity index is 1720. The molecule has 1 saturated carbocycles. The van der Waals surface area contributed by atoms with Crippen LogP contribution >= 0.6 is 0 Å². The van der Waals surface area contributed by atoms with Crippen molar-refractivity contribution in [2.45, 2.75) is 75.9 Å². The first-order chi connectivity index (χ1) is 21.6. The highest BCUT2D eigenvalue weighted by Gasteiger charge is 2.54. The fourth-order valence-electron chi connectivity index (χ4n) is 7.98. The van der Waals surface area contributed by atoms with Gasteiger partial charge in [0.1, 0.15) is 5.52 Å². The van der Waals surface area contributed by atoms with Crippen molar-refractivity contribution in [3.05, 3.63) is 60.4 Å². The standard InChI is InChI=1S/C34H39FN8O/c1-2-41-21-38-29-19-28(40-32(31(29)41)39-27-8-11-37-20-26(27)35)22-6-7-25-30(16-22)43(33(44)34(25)9-12-36-13-10-34)24-17-23(18-24)42-14-4-3-5-15-42/h6-8,11,16,19-21,23-24,36H,2-5,9-10,12-15,17-18H2,1H3,(H,37,39,40)/t23-,24+. The maximum Gasteiger partial charge on any atom is 0.238 e. The van der Waals surface area contributed by atoms with Crippen LogP contribution in [0.5, 0.6) is 0 Å². The van der Waals surface area contributed by atoms with Crippen molar-refractivity contribution in [3.8, 4) is 11.3 Å². The molecule has 0 atom stereocenters. The van der Waals surface area contributed by atoms with Crippen LogP contribution in [0.25, 0.3) is 22.3 Å². The number of rotatable bonds is 6. The number of nitrogens with zero attached hydrogens (tertiary/aromatic N) is 6. The van der Waals surface area contributed by atoms with Gasteiger partial charge in [-0.25, -0.2) is 14.4 Å². The van der Waals surface area contributed by atoms with Crippen LogP contribution < -0.4 is 15.5 Å². The molecule has 3 fully saturated rings. The fraction of sp³-hybridized carbons (Fsp3) is 0.471. The van der Waals surface area contributed by atoms with E-state index >= 15 is 0 Å². The molecule has 2 N–H and O–H groups in total. The first kappa shape index (κ1) is 27.6. The Morgan fingerprint density at radius 3 is 2.66 bits per heavy atom. The minimum Gasteiger partial charge on any atom is -0.336 e. The molecule has 1 aromatic carbocycles. The third-order valence-corrected chi connectivity index (χ3v) is 10.5. The van der Waals surface area contributed by atoms with Crippen LogP contribution in [-0.2, 0) is 16.8 Å². The molecule has 4 aromatic rings. The Kier molecular flexibility index (Phi) is 6.86. The van der Waals surface area contributed by atoms with Crippen molar-refractivity contribution >= 4 is 34.1 Å². The van der Waals surface area contributed by atoms with E-state index in [1.54, 1.807) is 18.6 Å². The molecule has 1 spiro atoms. The average molecular weight is 595 g/mol. The van der Waals surface area contributed by atoms with E-state index in [1.807, 2.05) is 17.6 Å². The van der Waals surface area contributed by atoms with Crippen molar-refractivity contribution in [1.29, 1.82) is 0 Å². The second kappa shape index (κ2) is 10.9. The number of aromatic nitrogens is 4. The summed E-state index contributed by atoms with van der Waals surface area (Å²) in [6, 6.07) is 10.8. The highest BCUT2D eigenvalue weighted by molar-refractivity contribution is 6.09. The second-order valence-electron chi connectivity index (χ2n) is 12.8. The number of fused-ring (bicyclic) bond motifs is 3. The third-order valence-electron chi connectivity index (χ3n) is 10.5. The van der Waals surface area contributed by atoms with Gasteiger partial charge in [-0.1, -0.05) is 18.6 Å². The van der Waals surface area contributed by atoms with E-state index in [-0.39, 0.29) is 11.9 Å². The van der Waals surface area contributed by atoms with Gasteiger partial charge in [0, 0.05) is 36.1 Å². The number of hydrogen-bond donors (Lipinski definition) is 2. The number of imidazole rings is 1. The lowest BCUT2D eigenvalue weighted by atomic mass is 9.74. The van der Waals surface area contributed by atoms with E-state index in [0.29, 0.717) is 24.1 Å². The molecule has 4 aliphatic rings. The summed E-state index contributed by atoms with van der Waals surface area (Å²) < 4.78 is 16.7. The number of carbonyl (C=O) groups excluding carboxylic acids is 1. The van der Waals surface area contributed by atoms with E-state index in [0.717, 1.165) is 72.3 Å². The number of anilines is 3. The van der Waals surface area contributed by atoms with Gasteiger partial charge in [-0.15, -0.1) is 0 Å². The molecule has 3 aliphatic heterocycles. The van der Waals surface area contributed by atoms with Crippen molar-refractivity contribution in [3.63, 3.8) is 0 Å². The number of pyridine rings is 2. The summed E-state index contributed by atoms with van der Waals surface area (Å²) in [4.78, 5) is 32.8. The van der Waals surface area contributed by atoms with Gasteiger partial charge >= 0.3 is 0 Å².